The van der Waals surface area contributed by atoms with Crippen molar-refractivity contribution >= 4 is 0 Å². The van der Waals surface area contributed by atoms with Crippen molar-refractivity contribution in [1.82, 2.24) is 0 Å². The number of hydrogen-bond acceptors (Lipinski definition) is 1. The summed E-state index contributed by atoms with van der Waals surface area (Å²) in [7, 11) is 0. The number of rotatable bonds is 2. The van der Waals surface area contributed by atoms with Crippen molar-refractivity contribution < 1.29 is 13.5 Å². The zero-order chi connectivity index (χ0) is 17.4. The Morgan fingerprint density at radius 1 is 0.875 bits per heavy atom. The highest BCUT2D eigenvalue weighted by Gasteiger charge is 2.47. The van der Waals surface area contributed by atoms with Gasteiger partial charge in [-0.15, -0.1) is 0 Å². The molecule has 3 fully saturated rings. The van der Waals surface area contributed by atoms with Crippen LogP contribution in [0.2, 0.25) is 0 Å². The molecule has 24 heavy (non-hydrogen) atoms. The molecule has 0 spiro atoms. The molecule has 1 saturated heterocycles. The Morgan fingerprint density at radius 3 is 1.96 bits per heavy atom. The Kier molecular flexibility index (Phi) is 5.21. The molecule has 1 heterocycles. The second-order valence-electron chi connectivity index (χ2n) is 8.82. The van der Waals surface area contributed by atoms with Gasteiger partial charge in [0.2, 0.25) is 5.54 Å². The van der Waals surface area contributed by atoms with E-state index in [9.17, 15) is 8.78 Å². The summed E-state index contributed by atoms with van der Waals surface area (Å²) in [5.41, 5.74) is -0.133. The zero-order valence-corrected chi connectivity index (χ0v) is 15.1. The summed E-state index contributed by atoms with van der Waals surface area (Å²) in [5, 5.41) is 0. The molecule has 0 aromatic carbocycles. The van der Waals surface area contributed by atoms with Crippen molar-refractivity contribution in [1.29, 1.82) is 0 Å². The molecule has 3 aliphatic rings. The van der Waals surface area contributed by atoms with Gasteiger partial charge in [0.15, 0.2) is 0 Å². The van der Waals surface area contributed by atoms with Crippen LogP contribution in [0.25, 0.3) is 4.85 Å². The topological polar surface area (TPSA) is 13.6 Å². The lowest BCUT2D eigenvalue weighted by Crippen LogP contribution is -2.43. The molecule has 0 amide bonds. The van der Waals surface area contributed by atoms with Gasteiger partial charge in [-0.1, -0.05) is 6.92 Å². The third-order valence-corrected chi connectivity index (χ3v) is 7.15. The fourth-order valence-electron chi connectivity index (χ4n) is 5.12. The predicted octanol–water partition coefficient (Wildman–Crippen LogP) is 6.07. The van der Waals surface area contributed by atoms with Crippen LogP contribution in [0.5, 0.6) is 0 Å². The lowest BCUT2D eigenvalue weighted by Gasteiger charge is -2.42. The van der Waals surface area contributed by atoms with E-state index >= 15 is 0 Å². The van der Waals surface area contributed by atoms with Gasteiger partial charge in [-0.05, 0) is 69.1 Å². The summed E-state index contributed by atoms with van der Waals surface area (Å²) in [6.45, 7) is 11.0. The SMILES string of the molecule is [C-]#[N+]C1(C)CCC(C2CCC(C3CCC(C)C(F)(F)O3)CC2)CC1. The second kappa shape index (κ2) is 6.90. The predicted molar refractivity (Wildman–Crippen MR) is 90.6 cm³/mol. The summed E-state index contributed by atoms with van der Waals surface area (Å²) >= 11 is 0. The minimum atomic E-state index is -2.94. The fourth-order valence-corrected chi connectivity index (χ4v) is 5.12. The van der Waals surface area contributed by atoms with E-state index in [1.165, 1.54) is 12.8 Å². The molecule has 0 bridgehead atoms. The van der Waals surface area contributed by atoms with Gasteiger partial charge in [0, 0.05) is 25.7 Å². The molecule has 136 valence electrons. The summed E-state index contributed by atoms with van der Waals surface area (Å²) in [5.74, 6) is 1.15. The van der Waals surface area contributed by atoms with Crippen molar-refractivity contribution in [2.75, 3.05) is 0 Å². The number of ether oxygens (including phenoxy) is 1. The first kappa shape index (κ1) is 18.1. The summed E-state index contributed by atoms with van der Waals surface area (Å²) in [6.07, 6.45) is 6.97. The number of nitrogens with zero attached hydrogens (tertiary/aromatic N) is 1. The van der Waals surface area contributed by atoms with Crippen LogP contribution in [0.3, 0.4) is 0 Å². The highest BCUT2D eigenvalue weighted by Crippen LogP contribution is 2.46. The number of halogens is 2. The maximum Gasteiger partial charge on any atom is 0.358 e. The normalized spacial score (nSPS) is 46.2. The van der Waals surface area contributed by atoms with Gasteiger partial charge in [0.25, 0.3) is 0 Å². The van der Waals surface area contributed by atoms with Gasteiger partial charge in [-0.2, -0.15) is 8.78 Å². The van der Waals surface area contributed by atoms with Crippen molar-refractivity contribution in [3.8, 4) is 0 Å². The summed E-state index contributed by atoms with van der Waals surface area (Å²) in [6, 6.07) is 0. The quantitative estimate of drug-likeness (QED) is 0.557. The van der Waals surface area contributed by atoms with E-state index in [2.05, 4.69) is 11.8 Å². The van der Waals surface area contributed by atoms with E-state index in [4.69, 9.17) is 11.3 Å². The van der Waals surface area contributed by atoms with Crippen LogP contribution in [0.15, 0.2) is 0 Å². The van der Waals surface area contributed by atoms with Crippen molar-refractivity contribution in [2.45, 2.75) is 95.8 Å². The molecule has 3 rings (SSSR count). The number of hydrogen-bond donors (Lipinski definition) is 0. The molecule has 0 N–H and O–H groups in total. The van der Waals surface area contributed by atoms with Crippen LogP contribution in [0, 0.1) is 30.2 Å². The molecule has 1 aliphatic heterocycles. The molecule has 0 aromatic heterocycles. The van der Waals surface area contributed by atoms with Crippen LogP contribution in [-0.4, -0.2) is 17.8 Å². The molecule has 2 saturated carbocycles. The zero-order valence-electron chi connectivity index (χ0n) is 15.1. The Morgan fingerprint density at radius 2 is 1.42 bits per heavy atom. The van der Waals surface area contributed by atoms with E-state index in [0.717, 1.165) is 56.8 Å². The Bertz CT molecular complexity index is 471. The fraction of sp³-hybridized carbons (Fsp3) is 0.950. The molecule has 2 unspecified atom stereocenters. The lowest BCUT2D eigenvalue weighted by atomic mass is 9.67. The summed E-state index contributed by atoms with van der Waals surface area (Å²) < 4.78 is 32.8. The average Bonchev–Trinajstić information content (AvgIpc) is 2.58. The van der Waals surface area contributed by atoms with Crippen LogP contribution in [0.1, 0.15) is 78.1 Å². The smallest absolute Gasteiger partial charge is 0.317 e. The average molecular weight is 339 g/mol. The van der Waals surface area contributed by atoms with E-state index in [0.29, 0.717) is 12.3 Å². The largest absolute Gasteiger partial charge is 0.358 e. The number of alkyl halides is 2. The molecule has 0 radical (unpaired) electrons. The molecule has 2 aliphatic carbocycles. The van der Waals surface area contributed by atoms with Gasteiger partial charge in [0.05, 0.1) is 6.10 Å². The molecule has 4 heteroatoms. The molecular weight excluding hydrogens is 308 g/mol. The molecule has 2 atom stereocenters. The van der Waals surface area contributed by atoms with Crippen LogP contribution in [-0.2, 0) is 4.74 Å². The van der Waals surface area contributed by atoms with Gasteiger partial charge in [0.1, 0.15) is 0 Å². The van der Waals surface area contributed by atoms with Crippen molar-refractivity contribution in [3.63, 3.8) is 0 Å². The van der Waals surface area contributed by atoms with Crippen LogP contribution < -0.4 is 0 Å². The standard InChI is InChI=1S/C20H31F2NO/c1-14-4-9-18(24-20(14,21)22)17-7-5-15(6-8-17)16-10-12-19(2,23-3)13-11-16/h14-18H,4-13H2,1-2H3. The Hall–Kier alpha value is -0.690. The maximum absolute atomic E-state index is 13.8. The third-order valence-electron chi connectivity index (χ3n) is 7.15. The highest BCUT2D eigenvalue weighted by molar-refractivity contribution is 4.99. The van der Waals surface area contributed by atoms with Crippen molar-refractivity contribution in [3.05, 3.63) is 11.4 Å². The molecule has 0 aromatic rings. The van der Waals surface area contributed by atoms with E-state index < -0.39 is 12.0 Å². The Labute approximate surface area is 145 Å². The maximum atomic E-state index is 13.8. The van der Waals surface area contributed by atoms with E-state index in [1.807, 2.05) is 0 Å². The monoisotopic (exact) mass is 339 g/mol. The lowest BCUT2D eigenvalue weighted by molar-refractivity contribution is -0.319. The molecule has 2 nitrogen and oxygen atoms in total. The highest BCUT2D eigenvalue weighted by atomic mass is 19.3. The second-order valence-corrected chi connectivity index (χ2v) is 8.82. The van der Waals surface area contributed by atoms with Crippen LogP contribution >= 0.6 is 0 Å². The van der Waals surface area contributed by atoms with E-state index in [-0.39, 0.29) is 11.6 Å². The van der Waals surface area contributed by atoms with Gasteiger partial charge >= 0.3 is 6.11 Å². The van der Waals surface area contributed by atoms with Gasteiger partial charge < -0.3 is 9.58 Å². The summed E-state index contributed by atoms with van der Waals surface area (Å²) in [4.78, 5) is 3.81. The van der Waals surface area contributed by atoms with Crippen molar-refractivity contribution in [2.24, 2.45) is 23.7 Å². The van der Waals surface area contributed by atoms with Crippen LogP contribution in [0.4, 0.5) is 8.78 Å². The third kappa shape index (κ3) is 3.77. The first-order valence-corrected chi connectivity index (χ1v) is 9.77. The minimum Gasteiger partial charge on any atom is -0.317 e. The Balaban J connectivity index is 1.48. The first-order chi connectivity index (χ1) is 11.3. The molecular formula is C20H31F2NO. The van der Waals surface area contributed by atoms with Gasteiger partial charge in [-0.3, -0.25) is 0 Å². The first-order valence-electron chi connectivity index (χ1n) is 9.77. The minimum absolute atomic E-state index is 0.133. The van der Waals surface area contributed by atoms with E-state index in [1.54, 1.807) is 6.92 Å². The van der Waals surface area contributed by atoms with Gasteiger partial charge in [-0.25, -0.2) is 6.57 Å².